The fourth-order valence-electron chi connectivity index (χ4n) is 3.17. The molecule has 1 aromatic carbocycles. The van der Waals surface area contributed by atoms with E-state index < -0.39 is 0 Å². The summed E-state index contributed by atoms with van der Waals surface area (Å²) in [5.74, 6) is -0.0284. The molecule has 0 bridgehead atoms. The van der Waals surface area contributed by atoms with Gasteiger partial charge in [-0.25, -0.2) is 9.69 Å². The molecule has 1 N–H and O–H groups in total. The minimum Gasteiger partial charge on any atom is -0.336 e. The van der Waals surface area contributed by atoms with Crippen LogP contribution in [0.2, 0.25) is 0 Å². The number of carbonyl (C=O) groups excluding carboxylic acids is 2. The largest absolute Gasteiger partial charge is 0.336 e. The lowest BCUT2D eigenvalue weighted by molar-refractivity contribution is -0.127. The number of aryl methyl sites for hydroxylation is 1. The van der Waals surface area contributed by atoms with Gasteiger partial charge in [0, 0.05) is 6.54 Å². The van der Waals surface area contributed by atoms with E-state index in [0.717, 1.165) is 31.2 Å². The molecular formula is C15H18N2O2. The van der Waals surface area contributed by atoms with Crippen LogP contribution in [0.3, 0.4) is 0 Å². The molecule has 0 atom stereocenters. The summed E-state index contributed by atoms with van der Waals surface area (Å²) >= 11 is 0. The summed E-state index contributed by atoms with van der Waals surface area (Å²) in [6, 6.07) is 7.24. The number of anilines is 1. The first-order chi connectivity index (χ1) is 9.12. The standard InChI is InChI=1S/C15H18N2O2/c1-11-5-4-6-12(9-11)17-13(18)15(7-2-3-8-15)10-16-14(17)19/h4-6,9H,2-3,7-8,10H2,1H3,(H,16,19). The monoisotopic (exact) mass is 258 g/mol. The van der Waals surface area contributed by atoms with Crippen LogP contribution in [0.4, 0.5) is 10.5 Å². The summed E-state index contributed by atoms with van der Waals surface area (Å²) in [6.45, 7) is 2.45. The minimum absolute atomic E-state index is 0.0284. The van der Waals surface area contributed by atoms with E-state index in [1.54, 1.807) is 0 Å². The van der Waals surface area contributed by atoms with Crippen molar-refractivity contribution >= 4 is 17.6 Å². The number of urea groups is 1. The molecule has 0 unspecified atom stereocenters. The summed E-state index contributed by atoms with van der Waals surface area (Å²) in [7, 11) is 0. The van der Waals surface area contributed by atoms with Crippen molar-refractivity contribution in [2.45, 2.75) is 32.6 Å². The maximum Gasteiger partial charge on any atom is 0.328 e. The summed E-state index contributed by atoms with van der Waals surface area (Å²) in [5.41, 5.74) is 1.36. The predicted octanol–water partition coefficient (Wildman–Crippen LogP) is 2.61. The van der Waals surface area contributed by atoms with E-state index in [0.29, 0.717) is 12.2 Å². The van der Waals surface area contributed by atoms with E-state index in [-0.39, 0.29) is 17.4 Å². The maximum atomic E-state index is 12.7. The van der Waals surface area contributed by atoms with Gasteiger partial charge >= 0.3 is 6.03 Å². The molecule has 0 radical (unpaired) electrons. The van der Waals surface area contributed by atoms with Crippen LogP contribution in [0.1, 0.15) is 31.2 Å². The number of benzene rings is 1. The lowest BCUT2D eigenvalue weighted by Crippen LogP contribution is -2.60. The van der Waals surface area contributed by atoms with Gasteiger partial charge in [0.15, 0.2) is 0 Å². The van der Waals surface area contributed by atoms with Gasteiger partial charge in [-0.3, -0.25) is 4.79 Å². The van der Waals surface area contributed by atoms with E-state index in [4.69, 9.17) is 0 Å². The number of imide groups is 1. The zero-order chi connectivity index (χ0) is 13.5. The third-order valence-corrected chi connectivity index (χ3v) is 4.26. The Labute approximate surface area is 112 Å². The second-order valence-corrected chi connectivity index (χ2v) is 5.63. The van der Waals surface area contributed by atoms with Crippen molar-refractivity contribution in [1.29, 1.82) is 0 Å². The quantitative estimate of drug-likeness (QED) is 0.841. The lowest BCUT2D eigenvalue weighted by atomic mass is 9.83. The Hall–Kier alpha value is -1.84. The molecule has 3 amide bonds. The van der Waals surface area contributed by atoms with Crippen LogP contribution in [-0.4, -0.2) is 18.5 Å². The summed E-state index contributed by atoms with van der Waals surface area (Å²) in [4.78, 5) is 26.1. The summed E-state index contributed by atoms with van der Waals surface area (Å²) in [6.07, 6.45) is 3.91. The van der Waals surface area contributed by atoms with E-state index in [1.165, 1.54) is 4.90 Å². The fraction of sp³-hybridized carbons (Fsp3) is 0.467. The number of hydrogen-bond acceptors (Lipinski definition) is 2. The predicted molar refractivity (Wildman–Crippen MR) is 73.0 cm³/mol. The van der Waals surface area contributed by atoms with Crippen molar-refractivity contribution < 1.29 is 9.59 Å². The van der Waals surface area contributed by atoms with E-state index >= 15 is 0 Å². The molecule has 1 spiro atoms. The summed E-state index contributed by atoms with van der Waals surface area (Å²) < 4.78 is 0. The molecule has 4 nitrogen and oxygen atoms in total. The highest BCUT2D eigenvalue weighted by Crippen LogP contribution is 2.41. The number of amides is 3. The Morgan fingerprint density at radius 2 is 1.95 bits per heavy atom. The molecule has 1 aliphatic heterocycles. The second kappa shape index (κ2) is 4.37. The first kappa shape index (κ1) is 12.2. The van der Waals surface area contributed by atoms with Crippen molar-refractivity contribution in [3.05, 3.63) is 29.8 Å². The Morgan fingerprint density at radius 1 is 1.21 bits per heavy atom. The molecule has 1 saturated heterocycles. The van der Waals surface area contributed by atoms with Crippen molar-refractivity contribution in [2.24, 2.45) is 5.41 Å². The minimum atomic E-state index is -0.363. The number of hydrogen-bond donors (Lipinski definition) is 1. The molecule has 100 valence electrons. The maximum absolute atomic E-state index is 12.7. The van der Waals surface area contributed by atoms with Crippen LogP contribution in [0, 0.1) is 12.3 Å². The van der Waals surface area contributed by atoms with Gasteiger partial charge in [0.1, 0.15) is 0 Å². The lowest BCUT2D eigenvalue weighted by Gasteiger charge is -2.38. The molecule has 1 heterocycles. The number of rotatable bonds is 1. The number of nitrogens with one attached hydrogen (secondary N) is 1. The normalized spacial score (nSPS) is 21.8. The molecular weight excluding hydrogens is 240 g/mol. The van der Waals surface area contributed by atoms with Crippen molar-refractivity contribution in [2.75, 3.05) is 11.4 Å². The van der Waals surface area contributed by atoms with Crippen LogP contribution in [0.25, 0.3) is 0 Å². The Morgan fingerprint density at radius 3 is 2.63 bits per heavy atom. The van der Waals surface area contributed by atoms with E-state index in [1.807, 2.05) is 31.2 Å². The number of carbonyl (C=O) groups is 2. The van der Waals surface area contributed by atoms with Crippen LogP contribution in [0.15, 0.2) is 24.3 Å². The van der Waals surface area contributed by atoms with E-state index in [2.05, 4.69) is 5.32 Å². The average molecular weight is 258 g/mol. The van der Waals surface area contributed by atoms with Gasteiger partial charge in [-0.1, -0.05) is 25.0 Å². The molecule has 1 saturated carbocycles. The van der Waals surface area contributed by atoms with Gasteiger partial charge in [-0.2, -0.15) is 0 Å². The average Bonchev–Trinajstić information content (AvgIpc) is 2.85. The molecule has 19 heavy (non-hydrogen) atoms. The van der Waals surface area contributed by atoms with Crippen LogP contribution < -0.4 is 10.2 Å². The van der Waals surface area contributed by atoms with Crippen LogP contribution in [-0.2, 0) is 4.79 Å². The highest BCUT2D eigenvalue weighted by atomic mass is 16.2. The van der Waals surface area contributed by atoms with Gasteiger partial charge in [0.05, 0.1) is 11.1 Å². The van der Waals surface area contributed by atoms with Crippen LogP contribution in [0.5, 0.6) is 0 Å². The SMILES string of the molecule is Cc1cccc(N2C(=O)NCC3(CCCC3)C2=O)c1. The molecule has 1 aliphatic carbocycles. The Kier molecular flexibility index (Phi) is 2.81. The molecule has 3 rings (SSSR count). The zero-order valence-corrected chi connectivity index (χ0v) is 11.1. The topological polar surface area (TPSA) is 49.4 Å². The Balaban J connectivity index is 1.98. The Bertz CT molecular complexity index is 533. The second-order valence-electron chi connectivity index (χ2n) is 5.63. The highest BCUT2D eigenvalue weighted by molar-refractivity contribution is 6.18. The summed E-state index contributed by atoms with van der Waals surface area (Å²) in [5, 5.41) is 2.88. The third-order valence-electron chi connectivity index (χ3n) is 4.26. The highest BCUT2D eigenvalue weighted by Gasteiger charge is 2.49. The van der Waals surface area contributed by atoms with Gasteiger partial charge in [0.25, 0.3) is 0 Å². The molecule has 2 aliphatic rings. The molecule has 0 aromatic heterocycles. The first-order valence-electron chi connectivity index (χ1n) is 6.81. The van der Waals surface area contributed by atoms with Gasteiger partial charge in [-0.15, -0.1) is 0 Å². The molecule has 4 heteroatoms. The van der Waals surface area contributed by atoms with E-state index in [9.17, 15) is 9.59 Å². The van der Waals surface area contributed by atoms with Gasteiger partial charge in [-0.05, 0) is 37.5 Å². The third kappa shape index (κ3) is 1.91. The fourth-order valence-corrected chi connectivity index (χ4v) is 3.17. The smallest absolute Gasteiger partial charge is 0.328 e. The van der Waals surface area contributed by atoms with Crippen molar-refractivity contribution in [3.8, 4) is 0 Å². The van der Waals surface area contributed by atoms with Gasteiger partial charge in [0.2, 0.25) is 5.91 Å². The first-order valence-corrected chi connectivity index (χ1v) is 6.81. The van der Waals surface area contributed by atoms with Crippen LogP contribution >= 0.6 is 0 Å². The molecule has 2 fully saturated rings. The molecule has 1 aromatic rings. The zero-order valence-electron chi connectivity index (χ0n) is 11.1. The number of nitrogens with zero attached hydrogens (tertiary/aromatic N) is 1. The van der Waals surface area contributed by atoms with Gasteiger partial charge < -0.3 is 5.32 Å². The van der Waals surface area contributed by atoms with Crippen molar-refractivity contribution in [3.63, 3.8) is 0 Å². The van der Waals surface area contributed by atoms with Crippen molar-refractivity contribution in [1.82, 2.24) is 5.32 Å².